The highest BCUT2D eigenvalue weighted by Crippen LogP contribution is 2.61. The second kappa shape index (κ2) is 10.1. The van der Waals surface area contributed by atoms with Gasteiger partial charge in [0.25, 0.3) is 5.91 Å². The maximum atomic E-state index is 13.0. The summed E-state index contributed by atoms with van der Waals surface area (Å²) in [5.74, 6) is 2.48. The van der Waals surface area contributed by atoms with Crippen LogP contribution < -0.4 is 10.1 Å². The molecule has 1 amide bonds. The molecule has 7 heteroatoms. The summed E-state index contributed by atoms with van der Waals surface area (Å²) in [6, 6.07) is 11.1. The number of amides is 1. The molecule has 194 valence electrons. The van der Waals surface area contributed by atoms with E-state index in [1.54, 1.807) is 24.3 Å². The fraction of sp³-hybridized carbons (Fsp3) is 0.552. The summed E-state index contributed by atoms with van der Waals surface area (Å²) < 4.78 is 44.8. The zero-order valence-electron chi connectivity index (χ0n) is 20.4. The lowest BCUT2D eigenvalue weighted by atomic mass is 9.48. The third kappa shape index (κ3) is 5.72. The minimum absolute atomic E-state index is 0.0503. The average Bonchev–Trinajstić information content (AvgIpc) is 2.81. The van der Waals surface area contributed by atoms with E-state index < -0.39 is 23.8 Å². The van der Waals surface area contributed by atoms with Crippen molar-refractivity contribution in [1.82, 2.24) is 0 Å². The van der Waals surface area contributed by atoms with Crippen molar-refractivity contribution < 1.29 is 27.8 Å². The van der Waals surface area contributed by atoms with Crippen molar-refractivity contribution in [2.24, 2.45) is 23.2 Å². The molecule has 6 rings (SSSR count). The highest BCUT2D eigenvalue weighted by Gasteiger charge is 2.50. The number of hydrogen-bond acceptors (Lipinski definition) is 3. The molecule has 4 bridgehead atoms. The molecule has 0 saturated heterocycles. The molecule has 2 aromatic carbocycles. The number of halogens is 3. The van der Waals surface area contributed by atoms with Gasteiger partial charge in [-0.05, 0) is 105 Å². The highest BCUT2D eigenvalue weighted by atomic mass is 19.4. The number of aliphatic hydroxyl groups is 1. The summed E-state index contributed by atoms with van der Waals surface area (Å²) in [7, 11) is 0. The molecule has 2 N–H and O–H groups in total. The summed E-state index contributed by atoms with van der Waals surface area (Å²) >= 11 is 0. The Balaban J connectivity index is 1.13. The van der Waals surface area contributed by atoms with Crippen LogP contribution in [0.3, 0.4) is 0 Å². The van der Waals surface area contributed by atoms with E-state index in [0.29, 0.717) is 17.6 Å². The van der Waals surface area contributed by atoms with E-state index in [0.717, 1.165) is 36.3 Å². The van der Waals surface area contributed by atoms with Crippen LogP contribution in [0.25, 0.3) is 0 Å². The first kappa shape index (κ1) is 25.1. The molecule has 4 aliphatic rings. The van der Waals surface area contributed by atoms with Crippen molar-refractivity contribution in [3.8, 4) is 5.75 Å². The smallest absolute Gasteiger partial charge is 0.416 e. The molecule has 0 aromatic heterocycles. The molecule has 1 unspecified atom stereocenters. The SMILES string of the molecule is O=C(Nc1cccc(C(F)(F)F)c1)c1ccccc1OCC(O)CCCC12CC3CC(CC(C3)C1)C2. The number of carbonyl (C=O) groups is 1. The number of rotatable bonds is 9. The number of benzene rings is 2. The Morgan fingerprint density at radius 1 is 1.03 bits per heavy atom. The monoisotopic (exact) mass is 501 g/mol. The van der Waals surface area contributed by atoms with Gasteiger partial charge in [-0.15, -0.1) is 0 Å². The molecule has 0 radical (unpaired) electrons. The summed E-state index contributed by atoms with van der Waals surface area (Å²) in [4.78, 5) is 12.8. The van der Waals surface area contributed by atoms with Gasteiger partial charge in [0.2, 0.25) is 0 Å². The second-order valence-corrected chi connectivity index (χ2v) is 11.3. The molecule has 4 fully saturated rings. The van der Waals surface area contributed by atoms with Crippen LogP contribution in [-0.2, 0) is 6.18 Å². The quantitative estimate of drug-likeness (QED) is 0.386. The van der Waals surface area contributed by atoms with Gasteiger partial charge in [0.1, 0.15) is 12.4 Å². The fourth-order valence-corrected chi connectivity index (χ4v) is 7.33. The molecule has 0 aliphatic heterocycles. The van der Waals surface area contributed by atoms with Crippen LogP contribution in [0.15, 0.2) is 48.5 Å². The summed E-state index contributed by atoms with van der Waals surface area (Å²) in [6.45, 7) is 0.0642. The molecule has 36 heavy (non-hydrogen) atoms. The van der Waals surface area contributed by atoms with Crippen LogP contribution in [-0.4, -0.2) is 23.7 Å². The van der Waals surface area contributed by atoms with Gasteiger partial charge in [-0.3, -0.25) is 4.79 Å². The van der Waals surface area contributed by atoms with Gasteiger partial charge in [-0.25, -0.2) is 0 Å². The Kier molecular flexibility index (Phi) is 7.03. The predicted molar refractivity (Wildman–Crippen MR) is 132 cm³/mol. The molecule has 4 aliphatic carbocycles. The summed E-state index contributed by atoms with van der Waals surface area (Å²) in [5, 5.41) is 13.1. The van der Waals surface area contributed by atoms with E-state index in [1.165, 1.54) is 57.1 Å². The Labute approximate surface area is 210 Å². The molecule has 0 spiro atoms. The lowest BCUT2D eigenvalue weighted by molar-refractivity contribution is -0.137. The van der Waals surface area contributed by atoms with Crippen LogP contribution in [0.5, 0.6) is 5.75 Å². The summed E-state index contributed by atoms with van der Waals surface area (Å²) in [5.41, 5.74) is -0.0878. The van der Waals surface area contributed by atoms with Gasteiger partial charge < -0.3 is 15.2 Å². The number of anilines is 1. The van der Waals surface area contributed by atoms with E-state index in [1.807, 2.05) is 0 Å². The van der Waals surface area contributed by atoms with Crippen LogP contribution in [0.1, 0.15) is 73.7 Å². The van der Waals surface area contributed by atoms with E-state index in [2.05, 4.69) is 5.32 Å². The number of hydrogen-bond donors (Lipinski definition) is 2. The van der Waals surface area contributed by atoms with Gasteiger partial charge in [-0.2, -0.15) is 13.2 Å². The van der Waals surface area contributed by atoms with Gasteiger partial charge in [-0.1, -0.05) is 24.6 Å². The number of ether oxygens (including phenoxy) is 1. The highest BCUT2D eigenvalue weighted by molar-refractivity contribution is 6.06. The Bertz CT molecular complexity index is 1050. The lowest BCUT2D eigenvalue weighted by Crippen LogP contribution is -2.46. The largest absolute Gasteiger partial charge is 0.490 e. The maximum absolute atomic E-state index is 13.0. The van der Waals surface area contributed by atoms with Crippen molar-refractivity contribution >= 4 is 11.6 Å². The molecule has 4 saturated carbocycles. The van der Waals surface area contributed by atoms with E-state index >= 15 is 0 Å². The second-order valence-electron chi connectivity index (χ2n) is 11.3. The summed E-state index contributed by atoms with van der Waals surface area (Å²) in [6.07, 6.45) is 6.02. The number of alkyl halides is 3. The van der Waals surface area contributed by atoms with Crippen LogP contribution in [0, 0.1) is 23.2 Å². The predicted octanol–water partition coefficient (Wildman–Crippen LogP) is 7.08. The van der Waals surface area contributed by atoms with Crippen molar-refractivity contribution in [2.75, 3.05) is 11.9 Å². The van der Waals surface area contributed by atoms with Crippen molar-refractivity contribution in [3.63, 3.8) is 0 Å². The van der Waals surface area contributed by atoms with E-state index in [-0.39, 0.29) is 17.9 Å². The molecule has 4 nitrogen and oxygen atoms in total. The third-order valence-corrected chi connectivity index (χ3v) is 8.42. The third-order valence-electron chi connectivity index (χ3n) is 8.42. The Hall–Kier alpha value is -2.54. The van der Waals surface area contributed by atoms with Crippen molar-refractivity contribution in [2.45, 2.75) is 70.1 Å². The lowest BCUT2D eigenvalue weighted by Gasteiger charge is -2.57. The van der Waals surface area contributed by atoms with Gasteiger partial charge in [0, 0.05) is 5.69 Å². The average molecular weight is 502 g/mol. The van der Waals surface area contributed by atoms with E-state index in [4.69, 9.17) is 4.74 Å². The van der Waals surface area contributed by atoms with Crippen LogP contribution >= 0.6 is 0 Å². The van der Waals surface area contributed by atoms with Gasteiger partial charge in [0.05, 0.1) is 17.2 Å². The van der Waals surface area contributed by atoms with Crippen molar-refractivity contribution in [1.29, 1.82) is 0 Å². The first-order valence-corrected chi connectivity index (χ1v) is 13.1. The van der Waals surface area contributed by atoms with Gasteiger partial charge >= 0.3 is 6.18 Å². The maximum Gasteiger partial charge on any atom is 0.416 e. The van der Waals surface area contributed by atoms with Crippen LogP contribution in [0.2, 0.25) is 0 Å². The van der Waals surface area contributed by atoms with Crippen LogP contribution in [0.4, 0.5) is 18.9 Å². The van der Waals surface area contributed by atoms with Gasteiger partial charge in [0.15, 0.2) is 0 Å². The molecule has 2 aromatic rings. The normalized spacial score (nSPS) is 27.6. The number of para-hydroxylation sites is 1. The molecular weight excluding hydrogens is 467 g/mol. The minimum Gasteiger partial charge on any atom is -0.490 e. The topological polar surface area (TPSA) is 58.6 Å². The first-order valence-electron chi connectivity index (χ1n) is 13.1. The first-order chi connectivity index (χ1) is 17.2. The zero-order chi connectivity index (χ0) is 25.3. The molecule has 1 atom stereocenters. The number of nitrogens with one attached hydrogen (secondary N) is 1. The molecule has 0 heterocycles. The van der Waals surface area contributed by atoms with E-state index in [9.17, 15) is 23.1 Å². The fourth-order valence-electron chi connectivity index (χ4n) is 7.33. The Morgan fingerprint density at radius 3 is 2.36 bits per heavy atom. The van der Waals surface area contributed by atoms with Crippen molar-refractivity contribution in [3.05, 3.63) is 59.7 Å². The number of aliphatic hydroxyl groups excluding tert-OH is 1. The number of carbonyl (C=O) groups excluding carboxylic acids is 1. The zero-order valence-corrected chi connectivity index (χ0v) is 20.4. The Morgan fingerprint density at radius 2 is 1.69 bits per heavy atom. The molecular formula is C29H34F3NO3. The standard InChI is InChI=1S/C29H34F3NO3/c30-29(31,32)22-5-3-6-23(14-22)33-27(35)25-8-1-2-9-26(25)36-18-24(34)7-4-10-28-15-19-11-20(16-28)13-21(12-19)17-28/h1-3,5-6,8-9,14,19-21,24,34H,4,7,10-13,15-18H2,(H,33,35). The minimum atomic E-state index is -4.49.